The van der Waals surface area contributed by atoms with Crippen molar-refractivity contribution in [2.24, 2.45) is 0 Å². The molecule has 1 unspecified atom stereocenters. The summed E-state index contributed by atoms with van der Waals surface area (Å²) in [5.74, 6) is 0.523. The number of likely N-dealkylation sites (tertiary alicyclic amines) is 1. The van der Waals surface area contributed by atoms with E-state index in [-0.39, 0.29) is 6.04 Å². The zero-order valence-electron chi connectivity index (χ0n) is 9.71. The van der Waals surface area contributed by atoms with Gasteiger partial charge < -0.3 is 0 Å². The molecule has 2 rings (SSSR count). The molecule has 1 saturated heterocycles. The molecule has 2 aliphatic rings. The highest BCUT2D eigenvalue weighted by molar-refractivity contribution is 5.84. The molecule has 0 aromatic rings. The van der Waals surface area contributed by atoms with E-state index in [2.05, 4.69) is 4.90 Å². The van der Waals surface area contributed by atoms with Crippen LogP contribution in [0.2, 0.25) is 0 Å². The summed E-state index contributed by atoms with van der Waals surface area (Å²) in [6.45, 7) is 2.33. The van der Waals surface area contributed by atoms with E-state index in [1.54, 1.807) is 0 Å². The van der Waals surface area contributed by atoms with Gasteiger partial charge in [-0.05, 0) is 38.8 Å². The number of hydrogen-bond donors (Lipinski definition) is 0. The molecule has 0 bridgehead atoms. The van der Waals surface area contributed by atoms with Crippen LogP contribution in [0.15, 0.2) is 0 Å². The molecule has 1 aliphatic carbocycles. The van der Waals surface area contributed by atoms with Gasteiger partial charge in [-0.25, -0.2) is 0 Å². The van der Waals surface area contributed by atoms with Gasteiger partial charge in [0.1, 0.15) is 5.78 Å². The minimum absolute atomic E-state index is 0.283. The van der Waals surface area contributed by atoms with E-state index < -0.39 is 0 Å². The first kappa shape index (κ1) is 11.1. The van der Waals surface area contributed by atoms with Crippen molar-refractivity contribution in [3.05, 3.63) is 0 Å². The average Bonchev–Trinajstić information content (AvgIpc) is 2.59. The van der Waals surface area contributed by atoms with E-state index in [1.807, 2.05) is 0 Å². The Morgan fingerprint density at radius 1 is 0.867 bits per heavy atom. The Bertz CT molecular complexity index is 207. The summed E-state index contributed by atoms with van der Waals surface area (Å²) in [6.07, 6.45) is 10.9. The van der Waals surface area contributed by atoms with Crippen molar-refractivity contribution in [3.8, 4) is 0 Å². The van der Waals surface area contributed by atoms with Gasteiger partial charge in [0.15, 0.2) is 0 Å². The molecule has 2 nitrogen and oxygen atoms in total. The van der Waals surface area contributed by atoms with Crippen molar-refractivity contribution >= 4 is 5.78 Å². The van der Waals surface area contributed by atoms with E-state index in [0.29, 0.717) is 5.78 Å². The molecule has 0 N–H and O–H groups in total. The normalized spacial score (nSPS) is 30.9. The molecule has 0 aromatic heterocycles. The number of Topliss-reactive ketones (excluding diaryl/α,β-unsaturated/α-hetero) is 1. The van der Waals surface area contributed by atoms with Crippen LogP contribution < -0.4 is 0 Å². The predicted octanol–water partition coefficient (Wildman–Crippen LogP) is 2.76. The van der Waals surface area contributed by atoms with Crippen molar-refractivity contribution < 1.29 is 4.79 Å². The van der Waals surface area contributed by atoms with Gasteiger partial charge in [0, 0.05) is 6.42 Å². The molecule has 1 heterocycles. The van der Waals surface area contributed by atoms with Gasteiger partial charge in [-0.1, -0.05) is 25.7 Å². The van der Waals surface area contributed by atoms with Crippen LogP contribution in [0.3, 0.4) is 0 Å². The summed E-state index contributed by atoms with van der Waals surface area (Å²) in [5.41, 5.74) is 0. The van der Waals surface area contributed by atoms with Crippen LogP contribution in [0.25, 0.3) is 0 Å². The van der Waals surface area contributed by atoms with E-state index in [4.69, 9.17) is 0 Å². The third-order valence-corrected chi connectivity index (χ3v) is 3.85. The van der Waals surface area contributed by atoms with Gasteiger partial charge in [0.25, 0.3) is 0 Å². The van der Waals surface area contributed by atoms with E-state index in [9.17, 15) is 4.79 Å². The molecular formula is C13H23NO. The molecule has 1 atom stereocenters. The summed E-state index contributed by atoms with van der Waals surface area (Å²) < 4.78 is 0. The lowest BCUT2D eigenvalue weighted by Gasteiger charge is -2.28. The zero-order valence-corrected chi connectivity index (χ0v) is 9.71. The Morgan fingerprint density at radius 3 is 2.27 bits per heavy atom. The average molecular weight is 209 g/mol. The first-order valence-electron chi connectivity index (χ1n) is 6.65. The van der Waals surface area contributed by atoms with Crippen LogP contribution in [0.1, 0.15) is 57.8 Å². The minimum atomic E-state index is 0.283. The lowest BCUT2D eigenvalue weighted by Crippen LogP contribution is -2.41. The maximum atomic E-state index is 12.0. The second-order valence-corrected chi connectivity index (χ2v) is 5.03. The third-order valence-electron chi connectivity index (χ3n) is 3.85. The van der Waals surface area contributed by atoms with Gasteiger partial charge in [-0.3, -0.25) is 9.69 Å². The molecule has 2 heteroatoms. The summed E-state index contributed by atoms with van der Waals surface area (Å²) in [4.78, 5) is 14.5. The van der Waals surface area contributed by atoms with Crippen LogP contribution >= 0.6 is 0 Å². The second-order valence-electron chi connectivity index (χ2n) is 5.03. The second kappa shape index (κ2) is 5.64. The Morgan fingerprint density at radius 2 is 1.53 bits per heavy atom. The Hall–Kier alpha value is -0.370. The van der Waals surface area contributed by atoms with Crippen LogP contribution in [-0.2, 0) is 4.79 Å². The Labute approximate surface area is 93.0 Å². The van der Waals surface area contributed by atoms with Gasteiger partial charge in [0.05, 0.1) is 6.04 Å². The fourth-order valence-electron chi connectivity index (χ4n) is 2.93. The van der Waals surface area contributed by atoms with E-state index >= 15 is 0 Å². The fourth-order valence-corrected chi connectivity index (χ4v) is 2.93. The number of carbonyl (C=O) groups excluding carboxylic acids is 1. The Balaban J connectivity index is 1.95. The standard InChI is InChI=1S/C13H23NO/c15-13-9-5-3-4-8-12(13)14-10-6-1-2-7-11-14/h12H,1-11H2. The van der Waals surface area contributed by atoms with Crippen molar-refractivity contribution in [2.75, 3.05) is 13.1 Å². The monoisotopic (exact) mass is 209 g/mol. The quantitative estimate of drug-likeness (QED) is 0.619. The summed E-state index contributed by atoms with van der Waals surface area (Å²) in [6, 6.07) is 0.283. The van der Waals surface area contributed by atoms with Crippen molar-refractivity contribution in [2.45, 2.75) is 63.8 Å². The molecule has 0 amide bonds. The predicted molar refractivity (Wildman–Crippen MR) is 61.9 cm³/mol. The summed E-state index contributed by atoms with van der Waals surface area (Å²) >= 11 is 0. The zero-order chi connectivity index (χ0) is 10.5. The lowest BCUT2D eigenvalue weighted by molar-refractivity contribution is -0.124. The SMILES string of the molecule is O=C1CCCCCC1N1CCCCCC1. The molecular weight excluding hydrogens is 186 g/mol. The van der Waals surface area contributed by atoms with Crippen molar-refractivity contribution in [3.63, 3.8) is 0 Å². The van der Waals surface area contributed by atoms with Crippen LogP contribution in [-0.4, -0.2) is 29.8 Å². The number of rotatable bonds is 1. The number of ketones is 1. The molecule has 15 heavy (non-hydrogen) atoms. The van der Waals surface area contributed by atoms with Gasteiger partial charge in [-0.15, -0.1) is 0 Å². The highest BCUT2D eigenvalue weighted by Gasteiger charge is 2.26. The highest BCUT2D eigenvalue weighted by Crippen LogP contribution is 2.22. The van der Waals surface area contributed by atoms with E-state index in [0.717, 1.165) is 32.4 Å². The summed E-state index contributed by atoms with van der Waals surface area (Å²) in [5, 5.41) is 0. The topological polar surface area (TPSA) is 20.3 Å². The smallest absolute Gasteiger partial charge is 0.149 e. The van der Waals surface area contributed by atoms with Crippen LogP contribution in [0.4, 0.5) is 0 Å². The third kappa shape index (κ3) is 3.04. The number of nitrogens with zero attached hydrogens (tertiary/aromatic N) is 1. The van der Waals surface area contributed by atoms with Gasteiger partial charge in [0.2, 0.25) is 0 Å². The van der Waals surface area contributed by atoms with Gasteiger partial charge >= 0.3 is 0 Å². The van der Waals surface area contributed by atoms with E-state index in [1.165, 1.54) is 38.5 Å². The fraction of sp³-hybridized carbons (Fsp3) is 0.923. The highest BCUT2D eigenvalue weighted by atomic mass is 16.1. The molecule has 1 aliphatic heterocycles. The molecule has 2 fully saturated rings. The van der Waals surface area contributed by atoms with Crippen molar-refractivity contribution in [1.29, 1.82) is 0 Å². The molecule has 0 aromatic carbocycles. The van der Waals surface area contributed by atoms with Crippen molar-refractivity contribution in [1.82, 2.24) is 4.90 Å². The minimum Gasteiger partial charge on any atom is -0.298 e. The molecule has 0 radical (unpaired) electrons. The van der Waals surface area contributed by atoms with Gasteiger partial charge in [-0.2, -0.15) is 0 Å². The Kier molecular flexibility index (Phi) is 4.18. The maximum absolute atomic E-state index is 12.0. The maximum Gasteiger partial charge on any atom is 0.149 e. The van der Waals surface area contributed by atoms with Crippen LogP contribution in [0, 0.1) is 0 Å². The summed E-state index contributed by atoms with van der Waals surface area (Å²) in [7, 11) is 0. The number of hydrogen-bond acceptors (Lipinski definition) is 2. The first-order chi connectivity index (χ1) is 7.38. The molecule has 1 saturated carbocycles. The number of carbonyl (C=O) groups is 1. The molecule has 86 valence electrons. The largest absolute Gasteiger partial charge is 0.298 e. The lowest BCUT2D eigenvalue weighted by atomic mass is 10.1. The first-order valence-corrected chi connectivity index (χ1v) is 6.65. The molecule has 0 spiro atoms. The van der Waals surface area contributed by atoms with Crippen LogP contribution in [0.5, 0.6) is 0 Å².